The van der Waals surface area contributed by atoms with Gasteiger partial charge < -0.3 is 9.47 Å². The molecule has 1 atom stereocenters. The Morgan fingerprint density at radius 2 is 1.95 bits per heavy atom. The van der Waals surface area contributed by atoms with Crippen LogP contribution in [-0.4, -0.2) is 20.4 Å². The minimum Gasteiger partial charge on any atom is -0.493 e. The van der Waals surface area contributed by atoms with Gasteiger partial charge in [-0.05, 0) is 12.5 Å². The third-order valence-corrected chi connectivity index (χ3v) is 2.73. The SMILES string of the molecule is COc1cccc(C(CCC(F)(F)F)NN)c1OC. The first-order valence-corrected chi connectivity index (χ1v) is 5.66. The molecule has 0 amide bonds. The standard InChI is InChI=1S/C12H17F3N2O2/c1-18-10-5-3-4-8(11(10)19-2)9(17-16)6-7-12(13,14)15/h3-5,9,17H,6-7,16H2,1-2H3. The molecule has 1 aromatic rings. The average Bonchev–Trinajstić information content (AvgIpc) is 2.37. The third kappa shape index (κ3) is 4.29. The molecule has 0 bridgehead atoms. The van der Waals surface area contributed by atoms with Crippen LogP contribution in [0.15, 0.2) is 18.2 Å². The van der Waals surface area contributed by atoms with Crippen LogP contribution >= 0.6 is 0 Å². The number of nitrogens with one attached hydrogen (secondary N) is 1. The van der Waals surface area contributed by atoms with Gasteiger partial charge in [-0.15, -0.1) is 0 Å². The lowest BCUT2D eigenvalue weighted by Crippen LogP contribution is -2.29. The van der Waals surface area contributed by atoms with Crippen LogP contribution < -0.4 is 20.7 Å². The highest BCUT2D eigenvalue weighted by molar-refractivity contribution is 5.48. The molecule has 0 radical (unpaired) electrons. The third-order valence-electron chi connectivity index (χ3n) is 2.73. The van der Waals surface area contributed by atoms with Crippen molar-refractivity contribution < 1.29 is 22.6 Å². The summed E-state index contributed by atoms with van der Waals surface area (Å²) in [4.78, 5) is 0. The van der Waals surface area contributed by atoms with E-state index >= 15 is 0 Å². The Balaban J connectivity index is 2.98. The van der Waals surface area contributed by atoms with Gasteiger partial charge in [-0.2, -0.15) is 13.2 Å². The Hall–Kier alpha value is -1.47. The largest absolute Gasteiger partial charge is 0.493 e. The number of para-hydroxylation sites is 1. The molecule has 0 heterocycles. The molecule has 0 saturated carbocycles. The van der Waals surface area contributed by atoms with E-state index in [0.717, 1.165) is 0 Å². The number of rotatable bonds is 6. The zero-order chi connectivity index (χ0) is 14.5. The Labute approximate surface area is 109 Å². The van der Waals surface area contributed by atoms with Gasteiger partial charge in [0.05, 0.1) is 20.3 Å². The second kappa shape index (κ2) is 6.63. The molecule has 0 aliphatic rings. The van der Waals surface area contributed by atoms with Crippen molar-refractivity contribution in [2.24, 2.45) is 5.84 Å². The predicted octanol–water partition coefficient (Wildman–Crippen LogP) is 2.55. The Kier molecular flexibility index (Phi) is 5.44. The second-order valence-corrected chi connectivity index (χ2v) is 3.96. The number of hydrogen-bond acceptors (Lipinski definition) is 4. The van der Waals surface area contributed by atoms with Gasteiger partial charge in [0.2, 0.25) is 0 Å². The van der Waals surface area contributed by atoms with Crippen molar-refractivity contribution in [2.45, 2.75) is 25.1 Å². The lowest BCUT2D eigenvalue weighted by atomic mass is 10.0. The van der Waals surface area contributed by atoms with Gasteiger partial charge in [-0.25, -0.2) is 0 Å². The zero-order valence-electron chi connectivity index (χ0n) is 10.8. The number of nitrogens with two attached hydrogens (primary N) is 1. The molecule has 3 N–H and O–H groups in total. The van der Waals surface area contributed by atoms with E-state index in [0.29, 0.717) is 17.1 Å². The molecule has 19 heavy (non-hydrogen) atoms. The van der Waals surface area contributed by atoms with Crippen molar-refractivity contribution in [1.29, 1.82) is 0 Å². The normalized spacial score (nSPS) is 13.2. The highest BCUT2D eigenvalue weighted by Crippen LogP contribution is 2.37. The number of hydrazine groups is 1. The monoisotopic (exact) mass is 278 g/mol. The van der Waals surface area contributed by atoms with Crippen molar-refractivity contribution >= 4 is 0 Å². The molecule has 0 saturated heterocycles. The van der Waals surface area contributed by atoms with Gasteiger partial charge in [-0.3, -0.25) is 11.3 Å². The molecular formula is C12H17F3N2O2. The molecule has 0 spiro atoms. The van der Waals surface area contributed by atoms with Crippen LogP contribution in [0.3, 0.4) is 0 Å². The summed E-state index contributed by atoms with van der Waals surface area (Å²) in [5.74, 6) is 6.17. The van der Waals surface area contributed by atoms with Gasteiger partial charge >= 0.3 is 6.18 Å². The van der Waals surface area contributed by atoms with Crippen molar-refractivity contribution in [3.8, 4) is 11.5 Å². The van der Waals surface area contributed by atoms with Crippen LogP contribution in [0.1, 0.15) is 24.4 Å². The summed E-state index contributed by atoms with van der Waals surface area (Å²) in [5, 5.41) is 0. The number of alkyl halides is 3. The summed E-state index contributed by atoms with van der Waals surface area (Å²) in [6.45, 7) is 0. The molecule has 4 nitrogen and oxygen atoms in total. The van der Waals surface area contributed by atoms with Crippen LogP contribution in [0, 0.1) is 0 Å². The first-order valence-electron chi connectivity index (χ1n) is 5.66. The summed E-state index contributed by atoms with van der Waals surface area (Å²) in [5.41, 5.74) is 2.92. The molecule has 7 heteroatoms. The fourth-order valence-corrected chi connectivity index (χ4v) is 1.82. The topological polar surface area (TPSA) is 56.5 Å². The number of ether oxygens (including phenoxy) is 2. The van der Waals surface area contributed by atoms with Crippen LogP contribution in [0.5, 0.6) is 11.5 Å². The van der Waals surface area contributed by atoms with E-state index in [1.165, 1.54) is 14.2 Å². The second-order valence-electron chi connectivity index (χ2n) is 3.96. The van der Waals surface area contributed by atoms with E-state index in [1.54, 1.807) is 18.2 Å². The Morgan fingerprint density at radius 1 is 1.26 bits per heavy atom. The minimum atomic E-state index is -4.22. The fourth-order valence-electron chi connectivity index (χ4n) is 1.82. The molecule has 0 aliphatic carbocycles. The summed E-state index contributed by atoms with van der Waals surface area (Å²) in [7, 11) is 2.89. The van der Waals surface area contributed by atoms with Crippen LogP contribution in [0.25, 0.3) is 0 Å². The maximum Gasteiger partial charge on any atom is 0.389 e. The number of benzene rings is 1. The van der Waals surface area contributed by atoms with Crippen molar-refractivity contribution in [3.63, 3.8) is 0 Å². The van der Waals surface area contributed by atoms with Crippen molar-refractivity contribution in [2.75, 3.05) is 14.2 Å². The van der Waals surface area contributed by atoms with E-state index < -0.39 is 18.6 Å². The highest BCUT2D eigenvalue weighted by Gasteiger charge is 2.29. The molecule has 0 fully saturated rings. The van der Waals surface area contributed by atoms with Crippen LogP contribution in [-0.2, 0) is 0 Å². The maximum atomic E-state index is 12.3. The van der Waals surface area contributed by atoms with Crippen molar-refractivity contribution in [3.05, 3.63) is 23.8 Å². The molecule has 1 rings (SSSR count). The lowest BCUT2D eigenvalue weighted by molar-refractivity contribution is -0.136. The number of hydrogen-bond donors (Lipinski definition) is 2. The number of methoxy groups -OCH3 is 2. The summed E-state index contributed by atoms with van der Waals surface area (Å²) in [6.07, 6.45) is -5.33. The smallest absolute Gasteiger partial charge is 0.389 e. The predicted molar refractivity (Wildman–Crippen MR) is 64.9 cm³/mol. The van der Waals surface area contributed by atoms with Gasteiger partial charge in [-0.1, -0.05) is 12.1 Å². The van der Waals surface area contributed by atoms with Crippen LogP contribution in [0.4, 0.5) is 13.2 Å². The molecular weight excluding hydrogens is 261 g/mol. The van der Waals surface area contributed by atoms with E-state index in [2.05, 4.69) is 5.43 Å². The Bertz CT molecular complexity index is 410. The van der Waals surface area contributed by atoms with E-state index in [9.17, 15) is 13.2 Å². The molecule has 0 aromatic heterocycles. The highest BCUT2D eigenvalue weighted by atomic mass is 19.4. The van der Waals surface area contributed by atoms with E-state index in [1.807, 2.05) is 0 Å². The van der Waals surface area contributed by atoms with Gasteiger partial charge in [0, 0.05) is 12.0 Å². The quantitative estimate of drug-likeness (QED) is 0.620. The van der Waals surface area contributed by atoms with Crippen LogP contribution in [0.2, 0.25) is 0 Å². The molecule has 1 unspecified atom stereocenters. The minimum absolute atomic E-state index is 0.177. The zero-order valence-corrected chi connectivity index (χ0v) is 10.8. The fraction of sp³-hybridized carbons (Fsp3) is 0.500. The number of halogens is 3. The lowest BCUT2D eigenvalue weighted by Gasteiger charge is -2.21. The van der Waals surface area contributed by atoms with Gasteiger partial charge in [0.1, 0.15) is 0 Å². The van der Waals surface area contributed by atoms with Crippen molar-refractivity contribution in [1.82, 2.24) is 5.43 Å². The first kappa shape index (κ1) is 15.6. The van der Waals surface area contributed by atoms with E-state index in [-0.39, 0.29) is 6.42 Å². The maximum absolute atomic E-state index is 12.3. The first-order chi connectivity index (χ1) is 8.92. The Morgan fingerprint density at radius 3 is 2.42 bits per heavy atom. The van der Waals surface area contributed by atoms with E-state index in [4.69, 9.17) is 15.3 Å². The average molecular weight is 278 g/mol. The molecule has 108 valence electrons. The van der Waals surface area contributed by atoms with Gasteiger partial charge in [0.15, 0.2) is 11.5 Å². The summed E-state index contributed by atoms with van der Waals surface area (Å²) in [6, 6.07) is 4.34. The molecule has 1 aromatic carbocycles. The molecule has 0 aliphatic heterocycles. The summed E-state index contributed by atoms with van der Waals surface area (Å²) >= 11 is 0. The summed E-state index contributed by atoms with van der Waals surface area (Å²) < 4.78 is 47.1. The van der Waals surface area contributed by atoms with Gasteiger partial charge in [0.25, 0.3) is 0 Å².